The Morgan fingerprint density at radius 1 is 1.28 bits per heavy atom. The van der Waals surface area contributed by atoms with Gasteiger partial charge in [0, 0.05) is 25.0 Å². The third-order valence-corrected chi connectivity index (χ3v) is 6.40. The Morgan fingerprint density at radius 3 is 2.72 bits per heavy atom. The zero-order chi connectivity index (χ0) is 18.2. The average Bonchev–Trinajstić information content (AvgIpc) is 2.89. The normalized spacial score (nSPS) is 35.2. The van der Waals surface area contributed by atoms with Crippen LogP contribution in [0.5, 0.6) is 0 Å². The first-order valence-electron chi connectivity index (χ1n) is 9.63. The minimum absolute atomic E-state index is 0.116. The van der Waals surface area contributed by atoms with Gasteiger partial charge in [0.25, 0.3) is 0 Å². The highest BCUT2D eigenvalue weighted by Crippen LogP contribution is 2.54. The van der Waals surface area contributed by atoms with E-state index in [0.717, 1.165) is 49.9 Å². The zero-order valence-electron chi connectivity index (χ0n) is 16.4. The highest BCUT2D eigenvalue weighted by Gasteiger charge is 2.52. The molecule has 0 bridgehead atoms. The maximum Gasteiger partial charge on any atom is 0.190 e. The van der Waals surface area contributed by atoms with Gasteiger partial charge in [-0.15, -0.1) is 0 Å². The number of ketones is 1. The van der Waals surface area contributed by atoms with Gasteiger partial charge in [-0.25, -0.2) is 0 Å². The number of Topliss-reactive ketones (excluding diaryl/α,β-unsaturated/α-hetero) is 1. The van der Waals surface area contributed by atoms with Crippen LogP contribution in [0.15, 0.2) is 34.6 Å². The number of allylic oxidation sites excluding steroid dienone is 5. The molecule has 25 heavy (non-hydrogen) atoms. The SMILES string of the molecule is COC1CCC2=C(CC3C(/C(C)=C/CC=C(C)C)CCC3(C)O2)C1=O. The number of carbonyl (C=O) groups excluding carboxylic acids is 1. The molecule has 3 aliphatic rings. The van der Waals surface area contributed by atoms with Gasteiger partial charge in [-0.1, -0.05) is 23.3 Å². The van der Waals surface area contributed by atoms with Crippen LogP contribution in [0.1, 0.15) is 66.2 Å². The molecule has 0 aromatic carbocycles. The van der Waals surface area contributed by atoms with E-state index in [2.05, 4.69) is 39.8 Å². The molecule has 0 aromatic heterocycles. The molecule has 0 saturated heterocycles. The molecular formula is C22H32O3. The molecule has 0 radical (unpaired) electrons. The Kier molecular flexibility index (Phi) is 5.24. The minimum atomic E-state index is -0.277. The second kappa shape index (κ2) is 7.11. The van der Waals surface area contributed by atoms with Crippen molar-refractivity contribution in [3.63, 3.8) is 0 Å². The Hall–Kier alpha value is -1.35. The van der Waals surface area contributed by atoms with Gasteiger partial charge in [0.05, 0.1) is 0 Å². The summed E-state index contributed by atoms with van der Waals surface area (Å²) in [6.45, 7) is 8.77. The molecule has 3 nitrogen and oxygen atoms in total. The van der Waals surface area contributed by atoms with Crippen molar-refractivity contribution < 1.29 is 14.3 Å². The average molecular weight is 344 g/mol. The summed E-state index contributed by atoms with van der Waals surface area (Å²) in [5, 5.41) is 0. The Balaban J connectivity index is 1.81. The van der Waals surface area contributed by atoms with E-state index < -0.39 is 0 Å². The molecule has 1 fully saturated rings. The van der Waals surface area contributed by atoms with Crippen molar-refractivity contribution in [2.75, 3.05) is 7.11 Å². The lowest BCUT2D eigenvalue weighted by molar-refractivity contribution is -0.130. The van der Waals surface area contributed by atoms with E-state index in [1.807, 2.05) is 0 Å². The van der Waals surface area contributed by atoms with Gasteiger partial charge in [-0.2, -0.15) is 0 Å². The number of methoxy groups -OCH3 is 1. The monoisotopic (exact) mass is 344 g/mol. The van der Waals surface area contributed by atoms with E-state index in [1.54, 1.807) is 7.11 Å². The smallest absolute Gasteiger partial charge is 0.190 e. The van der Waals surface area contributed by atoms with Crippen LogP contribution in [0.3, 0.4) is 0 Å². The van der Waals surface area contributed by atoms with Gasteiger partial charge in [0.1, 0.15) is 17.5 Å². The standard InChI is InChI=1S/C22H32O3/c1-14(2)7-6-8-15(3)16-11-12-22(4)18(16)13-17-19(25-22)9-10-20(24-5)21(17)23/h7-8,16,18,20H,6,9-13H2,1-5H3/b15-8+. The van der Waals surface area contributed by atoms with Crippen molar-refractivity contribution in [3.05, 3.63) is 34.6 Å². The number of rotatable bonds is 4. The predicted octanol–water partition coefficient (Wildman–Crippen LogP) is 5.13. The van der Waals surface area contributed by atoms with Gasteiger partial charge in [0.2, 0.25) is 0 Å². The quantitative estimate of drug-likeness (QED) is 0.664. The minimum Gasteiger partial charge on any atom is -0.491 e. The van der Waals surface area contributed by atoms with Crippen LogP contribution in [0, 0.1) is 11.8 Å². The molecule has 1 heterocycles. The summed E-state index contributed by atoms with van der Waals surface area (Å²) in [5.41, 5.74) is 3.60. The van der Waals surface area contributed by atoms with Crippen LogP contribution in [0.25, 0.3) is 0 Å². The lowest BCUT2D eigenvalue weighted by Crippen LogP contribution is -2.43. The fourth-order valence-electron chi connectivity index (χ4n) is 4.85. The second-order valence-corrected chi connectivity index (χ2v) is 8.36. The van der Waals surface area contributed by atoms with Crippen LogP contribution in [-0.4, -0.2) is 24.6 Å². The summed E-state index contributed by atoms with van der Waals surface area (Å²) in [6.07, 6.45) is 10.0. The molecule has 3 rings (SSSR count). The number of ether oxygens (including phenoxy) is 2. The van der Waals surface area contributed by atoms with Crippen LogP contribution < -0.4 is 0 Å². The Labute approximate surface area is 152 Å². The molecule has 138 valence electrons. The molecule has 2 aliphatic carbocycles. The van der Waals surface area contributed by atoms with Crippen molar-refractivity contribution in [2.45, 2.75) is 77.9 Å². The van der Waals surface area contributed by atoms with Gasteiger partial charge >= 0.3 is 0 Å². The molecule has 1 saturated carbocycles. The summed E-state index contributed by atoms with van der Waals surface area (Å²) in [7, 11) is 1.64. The van der Waals surface area contributed by atoms with Crippen LogP contribution in [-0.2, 0) is 14.3 Å². The summed E-state index contributed by atoms with van der Waals surface area (Å²) in [4.78, 5) is 12.7. The van der Waals surface area contributed by atoms with Gasteiger partial charge in [0.15, 0.2) is 5.78 Å². The molecule has 0 N–H and O–H groups in total. The molecule has 0 aromatic rings. The third kappa shape index (κ3) is 3.48. The van der Waals surface area contributed by atoms with Crippen molar-refractivity contribution >= 4 is 5.78 Å². The van der Waals surface area contributed by atoms with Crippen LogP contribution in [0.2, 0.25) is 0 Å². The van der Waals surface area contributed by atoms with Crippen molar-refractivity contribution in [1.82, 2.24) is 0 Å². The maximum atomic E-state index is 12.7. The van der Waals surface area contributed by atoms with E-state index in [1.165, 1.54) is 11.1 Å². The first kappa shape index (κ1) is 18.4. The lowest BCUT2D eigenvalue weighted by Gasteiger charge is -2.43. The molecule has 0 amide bonds. The first-order valence-corrected chi connectivity index (χ1v) is 9.63. The number of hydrogen-bond acceptors (Lipinski definition) is 3. The van der Waals surface area contributed by atoms with Crippen molar-refractivity contribution in [3.8, 4) is 0 Å². The third-order valence-electron chi connectivity index (χ3n) is 6.40. The second-order valence-electron chi connectivity index (χ2n) is 8.36. The van der Waals surface area contributed by atoms with E-state index in [9.17, 15) is 4.79 Å². The lowest BCUT2D eigenvalue weighted by atomic mass is 9.74. The fraction of sp³-hybridized carbons (Fsp3) is 0.682. The highest BCUT2D eigenvalue weighted by molar-refractivity contribution is 6.00. The van der Waals surface area contributed by atoms with E-state index in [-0.39, 0.29) is 17.5 Å². The predicted molar refractivity (Wildman–Crippen MR) is 100 cm³/mol. The topological polar surface area (TPSA) is 35.5 Å². The molecule has 4 atom stereocenters. The zero-order valence-corrected chi connectivity index (χ0v) is 16.4. The number of carbonyl (C=O) groups is 1. The molecule has 1 aliphatic heterocycles. The summed E-state index contributed by atoms with van der Waals surface area (Å²) in [5.74, 6) is 2.01. The Morgan fingerprint density at radius 2 is 2.04 bits per heavy atom. The van der Waals surface area contributed by atoms with Gasteiger partial charge in [-0.05, 0) is 65.7 Å². The maximum absolute atomic E-state index is 12.7. The van der Waals surface area contributed by atoms with Crippen LogP contribution in [0.4, 0.5) is 0 Å². The summed E-state index contributed by atoms with van der Waals surface area (Å²) in [6, 6.07) is 0. The molecule has 0 spiro atoms. The number of fused-ring (bicyclic) bond motifs is 1. The summed E-state index contributed by atoms with van der Waals surface area (Å²) < 4.78 is 11.8. The fourth-order valence-corrected chi connectivity index (χ4v) is 4.85. The number of hydrogen-bond donors (Lipinski definition) is 0. The summed E-state index contributed by atoms with van der Waals surface area (Å²) >= 11 is 0. The van der Waals surface area contributed by atoms with Gasteiger partial charge in [-0.3, -0.25) is 4.79 Å². The first-order chi connectivity index (χ1) is 11.9. The molecule has 3 heteroatoms. The highest BCUT2D eigenvalue weighted by atomic mass is 16.5. The van der Waals surface area contributed by atoms with Crippen molar-refractivity contribution in [2.24, 2.45) is 11.8 Å². The van der Waals surface area contributed by atoms with E-state index >= 15 is 0 Å². The van der Waals surface area contributed by atoms with Crippen molar-refractivity contribution in [1.29, 1.82) is 0 Å². The van der Waals surface area contributed by atoms with Gasteiger partial charge < -0.3 is 9.47 Å². The Bertz CT molecular complexity index is 636. The molecular weight excluding hydrogens is 312 g/mol. The largest absolute Gasteiger partial charge is 0.491 e. The molecule has 4 unspecified atom stereocenters. The van der Waals surface area contributed by atoms with E-state index in [4.69, 9.17) is 9.47 Å². The van der Waals surface area contributed by atoms with Crippen LogP contribution >= 0.6 is 0 Å². The van der Waals surface area contributed by atoms with E-state index in [0.29, 0.717) is 11.8 Å².